The van der Waals surface area contributed by atoms with Gasteiger partial charge in [-0.3, -0.25) is 9.59 Å². The van der Waals surface area contributed by atoms with Crippen molar-refractivity contribution < 1.29 is 27.1 Å². The van der Waals surface area contributed by atoms with Gasteiger partial charge in [-0.05, 0) is 23.6 Å². The first-order valence-electron chi connectivity index (χ1n) is 6.86. The van der Waals surface area contributed by atoms with Gasteiger partial charge in [-0.2, -0.15) is 0 Å². The van der Waals surface area contributed by atoms with Crippen LogP contribution in [0.5, 0.6) is 0 Å². The maximum absolute atomic E-state index is 13.0. The van der Waals surface area contributed by atoms with E-state index in [9.17, 15) is 22.4 Å². The van der Waals surface area contributed by atoms with Crippen LogP contribution in [0.4, 0.5) is 4.39 Å². The highest BCUT2D eigenvalue weighted by atomic mass is 32.2. The minimum atomic E-state index is -3.64. The summed E-state index contributed by atoms with van der Waals surface area (Å²) in [7, 11) is -3.64. The molecule has 0 aliphatic carbocycles. The molecule has 1 aromatic heterocycles. The van der Waals surface area contributed by atoms with Gasteiger partial charge in [-0.15, -0.1) is 11.3 Å². The summed E-state index contributed by atoms with van der Waals surface area (Å²) in [4.78, 5) is 23.3. The summed E-state index contributed by atoms with van der Waals surface area (Å²) >= 11 is 1.06. The summed E-state index contributed by atoms with van der Waals surface area (Å²) in [6.07, 6.45) is -0.221. The van der Waals surface area contributed by atoms with Gasteiger partial charge < -0.3 is 4.74 Å². The highest BCUT2D eigenvalue weighted by Gasteiger charge is 2.16. The number of halogens is 1. The molecule has 0 unspecified atom stereocenters. The molecule has 9 heteroatoms. The van der Waals surface area contributed by atoms with E-state index in [1.165, 1.54) is 24.3 Å². The number of carbonyl (C=O) groups is 2. The van der Waals surface area contributed by atoms with E-state index in [1.807, 2.05) is 0 Å². The van der Waals surface area contributed by atoms with Gasteiger partial charge in [0.1, 0.15) is 10.0 Å². The molecule has 0 radical (unpaired) electrons. The normalized spacial score (nSPS) is 11.2. The summed E-state index contributed by atoms with van der Waals surface area (Å²) in [5, 5.41) is 1.63. The fourth-order valence-electron chi connectivity index (χ4n) is 1.74. The maximum Gasteiger partial charge on any atom is 0.307 e. The molecule has 0 amide bonds. The number of sulfonamides is 1. The number of thiophene rings is 1. The Bertz CT molecular complexity index is 818. The molecule has 2 rings (SSSR count). The Labute approximate surface area is 142 Å². The van der Waals surface area contributed by atoms with Gasteiger partial charge in [0, 0.05) is 12.1 Å². The van der Waals surface area contributed by atoms with Crippen molar-refractivity contribution in [2.75, 3.05) is 13.2 Å². The van der Waals surface area contributed by atoms with Crippen molar-refractivity contribution >= 4 is 33.1 Å². The van der Waals surface area contributed by atoms with Crippen LogP contribution in [-0.4, -0.2) is 33.3 Å². The summed E-state index contributed by atoms with van der Waals surface area (Å²) in [6.45, 7) is -0.673. The SMILES string of the molecule is O=C(CCNS(=O)(=O)c1cccs1)OCC(=O)c1cccc(F)c1. The van der Waals surface area contributed by atoms with Crippen LogP contribution in [0.2, 0.25) is 0 Å². The van der Waals surface area contributed by atoms with Crippen molar-refractivity contribution in [3.05, 3.63) is 53.2 Å². The monoisotopic (exact) mass is 371 g/mol. The van der Waals surface area contributed by atoms with Crippen LogP contribution < -0.4 is 4.72 Å². The number of Topliss-reactive ketones (excluding diaryl/α,β-unsaturated/α-hetero) is 1. The van der Waals surface area contributed by atoms with Gasteiger partial charge >= 0.3 is 5.97 Å². The third-order valence-electron chi connectivity index (χ3n) is 2.89. The van der Waals surface area contributed by atoms with Gasteiger partial charge in [0.05, 0.1) is 6.42 Å². The molecule has 0 fully saturated rings. The fourth-order valence-corrected chi connectivity index (χ4v) is 3.81. The quantitative estimate of drug-likeness (QED) is 0.566. The number of benzene rings is 1. The zero-order valence-electron chi connectivity index (χ0n) is 12.4. The summed E-state index contributed by atoms with van der Waals surface area (Å²) in [5.41, 5.74) is 0.0983. The minimum absolute atomic E-state index is 0.0983. The van der Waals surface area contributed by atoms with E-state index in [0.717, 1.165) is 17.4 Å². The standard InChI is InChI=1S/C15H14FNO5S2/c16-12-4-1-3-11(9-12)13(18)10-22-14(19)6-7-17-24(20,21)15-5-2-8-23-15/h1-5,8-9,17H,6-7,10H2. The molecule has 0 spiro atoms. The number of rotatable bonds is 8. The minimum Gasteiger partial charge on any atom is -0.457 e. The molecule has 0 bridgehead atoms. The number of ketones is 1. The number of ether oxygens (including phenoxy) is 1. The van der Waals surface area contributed by atoms with Crippen LogP contribution in [0.3, 0.4) is 0 Å². The van der Waals surface area contributed by atoms with Crippen LogP contribution in [0.1, 0.15) is 16.8 Å². The summed E-state index contributed by atoms with van der Waals surface area (Å²) in [6, 6.07) is 8.08. The molecule has 128 valence electrons. The molecule has 1 N–H and O–H groups in total. The molecular formula is C15H14FNO5S2. The predicted molar refractivity (Wildman–Crippen MR) is 85.8 cm³/mol. The van der Waals surface area contributed by atoms with E-state index in [-0.39, 0.29) is 22.7 Å². The highest BCUT2D eigenvalue weighted by molar-refractivity contribution is 7.91. The molecule has 0 aliphatic rings. The van der Waals surface area contributed by atoms with Crippen molar-refractivity contribution in [1.82, 2.24) is 4.72 Å². The molecular weight excluding hydrogens is 357 g/mol. The Hall–Kier alpha value is -2.10. The smallest absolute Gasteiger partial charge is 0.307 e. The van der Waals surface area contributed by atoms with Crippen LogP contribution >= 0.6 is 11.3 Å². The molecule has 0 saturated carbocycles. The fraction of sp³-hybridized carbons (Fsp3) is 0.200. The zero-order valence-corrected chi connectivity index (χ0v) is 14.0. The van der Waals surface area contributed by atoms with Crippen LogP contribution in [0.25, 0.3) is 0 Å². The molecule has 0 aliphatic heterocycles. The molecule has 2 aromatic rings. The average molecular weight is 371 g/mol. The number of hydrogen-bond donors (Lipinski definition) is 1. The van der Waals surface area contributed by atoms with Gasteiger partial charge in [-0.25, -0.2) is 17.5 Å². The lowest BCUT2D eigenvalue weighted by Gasteiger charge is -2.06. The second-order valence-electron chi connectivity index (χ2n) is 4.67. The molecule has 1 aromatic carbocycles. The van der Waals surface area contributed by atoms with Gasteiger partial charge in [0.15, 0.2) is 12.4 Å². The Balaban J connectivity index is 1.75. The van der Waals surface area contributed by atoms with Crippen LogP contribution in [0.15, 0.2) is 46.0 Å². The van der Waals surface area contributed by atoms with Crippen LogP contribution in [-0.2, 0) is 19.6 Å². The van der Waals surface area contributed by atoms with E-state index in [2.05, 4.69) is 4.72 Å². The first-order valence-corrected chi connectivity index (χ1v) is 9.22. The van der Waals surface area contributed by atoms with Crippen molar-refractivity contribution in [3.8, 4) is 0 Å². The Kier molecular flexibility index (Phi) is 6.18. The second kappa shape index (κ2) is 8.13. The van der Waals surface area contributed by atoms with E-state index >= 15 is 0 Å². The van der Waals surface area contributed by atoms with E-state index < -0.39 is 34.2 Å². The topological polar surface area (TPSA) is 89.5 Å². The van der Waals surface area contributed by atoms with E-state index in [4.69, 9.17) is 4.74 Å². The zero-order chi connectivity index (χ0) is 17.6. The number of carbonyl (C=O) groups excluding carboxylic acids is 2. The lowest BCUT2D eigenvalue weighted by Crippen LogP contribution is -2.26. The molecule has 0 saturated heterocycles. The predicted octanol–water partition coefficient (Wildman–Crippen LogP) is 1.98. The second-order valence-corrected chi connectivity index (χ2v) is 7.62. The first kappa shape index (κ1) is 18.2. The van der Waals surface area contributed by atoms with Crippen molar-refractivity contribution in [1.29, 1.82) is 0 Å². The molecule has 24 heavy (non-hydrogen) atoms. The van der Waals surface area contributed by atoms with Gasteiger partial charge in [0.25, 0.3) is 0 Å². The highest BCUT2D eigenvalue weighted by Crippen LogP contribution is 2.15. The van der Waals surface area contributed by atoms with Crippen LogP contribution in [0, 0.1) is 5.82 Å². The molecule has 0 atom stereocenters. The summed E-state index contributed by atoms with van der Waals surface area (Å²) < 4.78 is 43.8. The van der Waals surface area contributed by atoms with E-state index in [1.54, 1.807) is 11.4 Å². The lowest BCUT2D eigenvalue weighted by atomic mass is 10.1. The first-order chi connectivity index (χ1) is 11.4. The van der Waals surface area contributed by atoms with Crippen molar-refractivity contribution in [2.45, 2.75) is 10.6 Å². The number of nitrogens with one attached hydrogen (secondary N) is 1. The Morgan fingerprint density at radius 2 is 2.00 bits per heavy atom. The molecule has 6 nitrogen and oxygen atoms in total. The average Bonchev–Trinajstić information content (AvgIpc) is 3.08. The van der Waals surface area contributed by atoms with Crippen molar-refractivity contribution in [2.24, 2.45) is 0 Å². The van der Waals surface area contributed by atoms with Crippen molar-refractivity contribution in [3.63, 3.8) is 0 Å². The number of hydrogen-bond acceptors (Lipinski definition) is 6. The third kappa shape index (κ3) is 5.22. The third-order valence-corrected chi connectivity index (χ3v) is 5.75. The Morgan fingerprint density at radius 3 is 2.67 bits per heavy atom. The number of esters is 1. The maximum atomic E-state index is 13.0. The van der Waals surface area contributed by atoms with E-state index in [0.29, 0.717) is 0 Å². The van der Waals surface area contributed by atoms with Gasteiger partial charge in [-0.1, -0.05) is 18.2 Å². The largest absolute Gasteiger partial charge is 0.457 e. The molecule has 1 heterocycles. The van der Waals surface area contributed by atoms with Gasteiger partial charge in [0.2, 0.25) is 10.0 Å². The summed E-state index contributed by atoms with van der Waals surface area (Å²) in [5.74, 6) is -1.83. The Morgan fingerprint density at radius 1 is 1.21 bits per heavy atom. The lowest BCUT2D eigenvalue weighted by molar-refractivity contribution is -0.142.